The molecule has 2 rings (SSSR count). The Morgan fingerprint density at radius 1 is 1.22 bits per heavy atom. The molecule has 3 nitrogen and oxygen atoms in total. The summed E-state index contributed by atoms with van der Waals surface area (Å²) in [5.74, 6) is 0. The Morgan fingerprint density at radius 2 is 1.83 bits per heavy atom. The molecule has 2 fully saturated rings. The van der Waals surface area contributed by atoms with E-state index in [1.54, 1.807) is 0 Å². The van der Waals surface area contributed by atoms with Gasteiger partial charge in [-0.3, -0.25) is 4.90 Å². The van der Waals surface area contributed by atoms with Gasteiger partial charge in [-0.25, -0.2) is 0 Å². The molecule has 1 unspecified atom stereocenters. The van der Waals surface area contributed by atoms with Crippen LogP contribution in [-0.2, 0) is 4.74 Å². The molecule has 102 valence electrons. The van der Waals surface area contributed by atoms with Crippen molar-refractivity contribution in [1.82, 2.24) is 4.90 Å². The normalized spacial score (nSPS) is 30.8. The zero-order valence-electron chi connectivity index (χ0n) is 12.2. The maximum Gasteiger partial charge on any atom is 0.0871 e. The number of nitrogens with zero attached hydrogens (tertiary/aromatic N) is 2. The van der Waals surface area contributed by atoms with Gasteiger partial charge in [-0.15, -0.1) is 0 Å². The lowest BCUT2D eigenvalue weighted by atomic mass is 9.91. The maximum atomic E-state index is 9.13. The summed E-state index contributed by atoms with van der Waals surface area (Å²) in [5, 5.41) is 9.13. The molecule has 0 radical (unpaired) electrons. The fourth-order valence-electron chi connectivity index (χ4n) is 3.86. The highest BCUT2D eigenvalue weighted by molar-refractivity contribution is 5.03. The van der Waals surface area contributed by atoms with Gasteiger partial charge in [-0.05, 0) is 47.0 Å². The molecule has 0 N–H and O–H groups in total. The second kappa shape index (κ2) is 4.83. The molecule has 0 aromatic heterocycles. The van der Waals surface area contributed by atoms with E-state index >= 15 is 0 Å². The van der Waals surface area contributed by atoms with Crippen LogP contribution in [0.25, 0.3) is 0 Å². The van der Waals surface area contributed by atoms with Gasteiger partial charge >= 0.3 is 0 Å². The van der Waals surface area contributed by atoms with Crippen LogP contribution in [0.2, 0.25) is 0 Å². The molecule has 18 heavy (non-hydrogen) atoms. The molecule has 1 heterocycles. The number of nitriles is 1. The molecule has 1 saturated heterocycles. The molecule has 0 aromatic carbocycles. The van der Waals surface area contributed by atoms with E-state index < -0.39 is 0 Å². The number of ether oxygens (including phenoxy) is 1. The third-order valence-electron chi connectivity index (χ3n) is 4.47. The van der Waals surface area contributed by atoms with E-state index in [1.807, 2.05) is 0 Å². The van der Waals surface area contributed by atoms with Gasteiger partial charge in [0.1, 0.15) is 0 Å². The van der Waals surface area contributed by atoms with Crippen molar-refractivity contribution in [2.45, 2.75) is 83.1 Å². The van der Waals surface area contributed by atoms with E-state index in [0.717, 1.165) is 6.42 Å². The standard InChI is InChI=1S/C15H26N2O/c1-14(2)11-13(15(3,4)18-14)17(10-9-16)12-7-5-6-8-12/h12-13H,5-8,10-11H2,1-4H3. The van der Waals surface area contributed by atoms with Crippen molar-refractivity contribution >= 4 is 0 Å². The largest absolute Gasteiger partial charge is 0.368 e. The fourth-order valence-corrected chi connectivity index (χ4v) is 3.86. The predicted molar refractivity (Wildman–Crippen MR) is 72.2 cm³/mol. The van der Waals surface area contributed by atoms with Crippen LogP contribution in [0.3, 0.4) is 0 Å². The Morgan fingerprint density at radius 3 is 2.28 bits per heavy atom. The van der Waals surface area contributed by atoms with E-state index in [9.17, 15) is 0 Å². The van der Waals surface area contributed by atoms with Crippen molar-refractivity contribution in [2.75, 3.05) is 6.54 Å². The van der Waals surface area contributed by atoms with Gasteiger partial charge in [0.05, 0.1) is 23.8 Å². The summed E-state index contributed by atoms with van der Waals surface area (Å²) in [5.41, 5.74) is -0.219. The Labute approximate surface area is 111 Å². The highest BCUT2D eigenvalue weighted by atomic mass is 16.5. The molecule has 1 aliphatic carbocycles. The number of hydrogen-bond acceptors (Lipinski definition) is 3. The second-order valence-electron chi connectivity index (χ2n) is 6.95. The van der Waals surface area contributed by atoms with Crippen molar-refractivity contribution in [3.63, 3.8) is 0 Å². The average Bonchev–Trinajstić information content (AvgIpc) is 2.80. The summed E-state index contributed by atoms with van der Waals surface area (Å²) in [7, 11) is 0. The minimum absolute atomic E-state index is 0.0690. The summed E-state index contributed by atoms with van der Waals surface area (Å²) in [4.78, 5) is 2.42. The summed E-state index contributed by atoms with van der Waals surface area (Å²) >= 11 is 0. The van der Waals surface area contributed by atoms with Crippen LogP contribution in [-0.4, -0.2) is 34.7 Å². The van der Waals surface area contributed by atoms with Crippen LogP contribution in [0.1, 0.15) is 59.8 Å². The zero-order chi connectivity index (χ0) is 13.4. The summed E-state index contributed by atoms with van der Waals surface area (Å²) < 4.78 is 6.18. The molecule has 1 aliphatic heterocycles. The van der Waals surface area contributed by atoms with Gasteiger partial charge < -0.3 is 4.74 Å². The number of hydrogen-bond donors (Lipinski definition) is 0. The van der Waals surface area contributed by atoms with Crippen molar-refractivity contribution in [2.24, 2.45) is 0 Å². The average molecular weight is 250 g/mol. The predicted octanol–water partition coefficient (Wildman–Crippen LogP) is 3.10. The third kappa shape index (κ3) is 2.70. The summed E-state index contributed by atoms with van der Waals surface area (Å²) in [6, 6.07) is 3.32. The van der Waals surface area contributed by atoms with Gasteiger partial charge in [-0.1, -0.05) is 12.8 Å². The lowest BCUT2D eigenvalue weighted by Gasteiger charge is -2.38. The SMILES string of the molecule is CC1(C)CC(N(CC#N)C2CCCC2)C(C)(C)O1. The fraction of sp³-hybridized carbons (Fsp3) is 0.933. The van der Waals surface area contributed by atoms with Crippen LogP contribution in [0.4, 0.5) is 0 Å². The van der Waals surface area contributed by atoms with E-state index in [-0.39, 0.29) is 11.2 Å². The van der Waals surface area contributed by atoms with Crippen molar-refractivity contribution in [3.05, 3.63) is 0 Å². The molecule has 1 atom stereocenters. The first-order valence-electron chi connectivity index (χ1n) is 7.19. The number of rotatable bonds is 3. The molecule has 0 amide bonds. The Kier molecular flexibility index (Phi) is 3.71. The van der Waals surface area contributed by atoms with E-state index in [2.05, 4.69) is 38.7 Å². The lowest BCUT2D eigenvalue weighted by molar-refractivity contribution is -0.0827. The molecular weight excluding hydrogens is 224 g/mol. The first-order valence-corrected chi connectivity index (χ1v) is 7.19. The lowest BCUT2D eigenvalue weighted by Crippen LogP contribution is -2.50. The van der Waals surface area contributed by atoms with Gasteiger partial charge in [0.15, 0.2) is 0 Å². The third-order valence-corrected chi connectivity index (χ3v) is 4.47. The molecule has 0 spiro atoms. The van der Waals surface area contributed by atoms with E-state index in [0.29, 0.717) is 18.6 Å². The zero-order valence-corrected chi connectivity index (χ0v) is 12.2. The summed E-state index contributed by atoms with van der Waals surface area (Å²) in [6.45, 7) is 9.21. The highest BCUT2D eigenvalue weighted by Gasteiger charge is 2.49. The van der Waals surface area contributed by atoms with Crippen molar-refractivity contribution in [1.29, 1.82) is 5.26 Å². The molecule has 0 bridgehead atoms. The van der Waals surface area contributed by atoms with Gasteiger partial charge in [0.25, 0.3) is 0 Å². The van der Waals surface area contributed by atoms with E-state index in [1.165, 1.54) is 25.7 Å². The minimum atomic E-state index is -0.150. The van der Waals surface area contributed by atoms with Crippen LogP contribution < -0.4 is 0 Å². The molecule has 2 aliphatic rings. The Bertz CT molecular complexity index is 337. The highest BCUT2D eigenvalue weighted by Crippen LogP contribution is 2.42. The Hall–Kier alpha value is -0.590. The van der Waals surface area contributed by atoms with Crippen molar-refractivity contribution < 1.29 is 4.74 Å². The molecular formula is C15H26N2O. The van der Waals surface area contributed by atoms with Crippen LogP contribution in [0.5, 0.6) is 0 Å². The first kappa shape index (κ1) is 13.8. The molecule has 3 heteroatoms. The monoisotopic (exact) mass is 250 g/mol. The van der Waals surface area contributed by atoms with Gasteiger partial charge in [0, 0.05) is 12.1 Å². The van der Waals surface area contributed by atoms with Crippen LogP contribution >= 0.6 is 0 Å². The minimum Gasteiger partial charge on any atom is -0.368 e. The smallest absolute Gasteiger partial charge is 0.0871 e. The topological polar surface area (TPSA) is 36.3 Å². The summed E-state index contributed by atoms with van der Waals surface area (Å²) in [6.07, 6.45) is 6.13. The van der Waals surface area contributed by atoms with Crippen LogP contribution in [0.15, 0.2) is 0 Å². The van der Waals surface area contributed by atoms with E-state index in [4.69, 9.17) is 10.00 Å². The molecule has 0 aromatic rings. The van der Waals surface area contributed by atoms with Crippen molar-refractivity contribution in [3.8, 4) is 6.07 Å². The van der Waals surface area contributed by atoms with Gasteiger partial charge in [0.2, 0.25) is 0 Å². The quantitative estimate of drug-likeness (QED) is 0.722. The first-order chi connectivity index (χ1) is 8.36. The molecule has 1 saturated carbocycles. The maximum absolute atomic E-state index is 9.13. The Balaban J connectivity index is 2.17. The van der Waals surface area contributed by atoms with Crippen LogP contribution in [0, 0.1) is 11.3 Å². The van der Waals surface area contributed by atoms with Gasteiger partial charge in [-0.2, -0.15) is 5.26 Å². The second-order valence-corrected chi connectivity index (χ2v) is 6.95.